The second-order valence-electron chi connectivity index (χ2n) is 3.33. The molecular weight excluding hydrogens is 506 g/mol. The second kappa shape index (κ2) is 5.69. The number of alkyl halides is 10. The first kappa shape index (κ1) is 18.9. The molecular formula is C7H6F8I2O. The van der Waals surface area contributed by atoms with E-state index in [1.807, 2.05) is 0 Å². The number of hydrogen-bond donors (Lipinski definition) is 1. The highest BCUT2D eigenvalue weighted by Crippen LogP contribution is 2.56. The maximum Gasteiger partial charge on any atom is 0.387 e. The van der Waals surface area contributed by atoms with Gasteiger partial charge in [0.05, 0.1) is 6.61 Å². The normalized spacial score (nSPS) is 16.8. The van der Waals surface area contributed by atoms with Crippen LogP contribution < -0.4 is 0 Å². The predicted octanol–water partition coefficient (Wildman–Crippen LogP) is 4.11. The quantitative estimate of drug-likeness (QED) is 0.323. The largest absolute Gasteiger partial charge is 0.395 e. The summed E-state index contributed by atoms with van der Waals surface area (Å²) in [7, 11) is 0. The van der Waals surface area contributed by atoms with E-state index in [9.17, 15) is 35.1 Å². The lowest BCUT2D eigenvalue weighted by atomic mass is 10.0. The Kier molecular flexibility index (Phi) is 5.97. The molecule has 11 heteroatoms. The Morgan fingerprint density at radius 2 is 1.28 bits per heavy atom. The zero-order valence-electron chi connectivity index (χ0n) is 8.22. The molecule has 110 valence electrons. The van der Waals surface area contributed by atoms with Crippen molar-refractivity contribution in [1.29, 1.82) is 0 Å². The smallest absolute Gasteiger partial charge is 0.387 e. The van der Waals surface area contributed by atoms with Gasteiger partial charge >= 0.3 is 21.7 Å². The van der Waals surface area contributed by atoms with Crippen molar-refractivity contribution in [2.24, 2.45) is 0 Å². The van der Waals surface area contributed by atoms with E-state index in [2.05, 4.69) is 0 Å². The van der Waals surface area contributed by atoms with Gasteiger partial charge in [0.2, 0.25) is 0 Å². The van der Waals surface area contributed by atoms with Crippen LogP contribution in [0.5, 0.6) is 0 Å². The summed E-state index contributed by atoms with van der Waals surface area (Å²) in [5.74, 6) is -17.8. The summed E-state index contributed by atoms with van der Waals surface area (Å²) in [4.78, 5) is 0. The molecule has 0 rings (SSSR count). The molecule has 1 atom stereocenters. The van der Waals surface area contributed by atoms with Crippen LogP contribution >= 0.6 is 45.2 Å². The van der Waals surface area contributed by atoms with Crippen molar-refractivity contribution >= 4 is 45.2 Å². The lowest BCUT2D eigenvalue weighted by molar-refractivity contribution is -0.343. The van der Waals surface area contributed by atoms with Gasteiger partial charge in [0.15, 0.2) is 0 Å². The Labute approximate surface area is 124 Å². The standard InChI is InChI=1S/C7H6F8I2O/c8-4(9,1-3(16)2-18)5(10,11)6(12,13)7(14,15)17/h3,18H,1-2H2. The van der Waals surface area contributed by atoms with Crippen LogP contribution in [0, 0.1) is 0 Å². The van der Waals surface area contributed by atoms with Crippen LogP contribution in [0.3, 0.4) is 0 Å². The van der Waals surface area contributed by atoms with Crippen LogP contribution in [0.4, 0.5) is 35.1 Å². The average Bonchev–Trinajstić information content (AvgIpc) is 2.14. The van der Waals surface area contributed by atoms with Gasteiger partial charge in [0.25, 0.3) is 0 Å². The molecule has 0 saturated heterocycles. The van der Waals surface area contributed by atoms with Crippen LogP contribution in [0.1, 0.15) is 6.42 Å². The summed E-state index contributed by atoms with van der Waals surface area (Å²) in [5.41, 5.74) is 0. The van der Waals surface area contributed by atoms with Crippen LogP contribution in [0.2, 0.25) is 0 Å². The van der Waals surface area contributed by atoms with E-state index in [0.717, 1.165) is 22.6 Å². The molecule has 1 N–H and O–H groups in total. The summed E-state index contributed by atoms with van der Waals surface area (Å²) in [6, 6.07) is 0. The zero-order chi connectivity index (χ0) is 15.0. The highest BCUT2D eigenvalue weighted by molar-refractivity contribution is 14.1. The molecule has 0 fully saturated rings. The van der Waals surface area contributed by atoms with Crippen molar-refractivity contribution in [3.8, 4) is 0 Å². The molecule has 0 aliphatic heterocycles. The van der Waals surface area contributed by atoms with Crippen molar-refractivity contribution in [1.82, 2.24) is 0 Å². The molecule has 18 heavy (non-hydrogen) atoms. The van der Waals surface area contributed by atoms with Gasteiger partial charge < -0.3 is 5.11 Å². The first-order valence-corrected chi connectivity index (χ1v) is 6.48. The highest BCUT2D eigenvalue weighted by atomic mass is 127. The van der Waals surface area contributed by atoms with Gasteiger partial charge in [-0.25, -0.2) is 0 Å². The molecule has 0 spiro atoms. The summed E-state index contributed by atoms with van der Waals surface area (Å²) >= 11 is 0.802. The minimum atomic E-state index is -6.23. The molecule has 1 nitrogen and oxygen atoms in total. The molecule has 0 saturated carbocycles. The van der Waals surface area contributed by atoms with Gasteiger partial charge in [-0.05, 0) is 0 Å². The maximum atomic E-state index is 13.0. The number of aliphatic hydroxyl groups excluding tert-OH is 1. The number of aliphatic hydroxyl groups is 1. The fourth-order valence-electron chi connectivity index (χ4n) is 0.879. The third-order valence-electron chi connectivity index (χ3n) is 1.89. The second-order valence-corrected chi connectivity index (χ2v) is 6.45. The number of rotatable bonds is 6. The summed E-state index contributed by atoms with van der Waals surface area (Å²) in [6.07, 6.45) is -1.85. The molecule has 0 aliphatic rings. The van der Waals surface area contributed by atoms with Gasteiger partial charge in [0.1, 0.15) is 0 Å². The molecule has 0 radical (unpaired) electrons. The molecule has 0 bridgehead atoms. The predicted molar refractivity (Wildman–Crippen MR) is 63.3 cm³/mol. The van der Waals surface area contributed by atoms with E-state index in [-0.39, 0.29) is 22.6 Å². The van der Waals surface area contributed by atoms with Gasteiger partial charge in [0, 0.05) is 32.9 Å². The zero-order valence-corrected chi connectivity index (χ0v) is 12.5. The molecule has 0 aliphatic carbocycles. The van der Waals surface area contributed by atoms with E-state index >= 15 is 0 Å². The van der Waals surface area contributed by atoms with Crippen LogP contribution in [0.25, 0.3) is 0 Å². The molecule has 0 heterocycles. The van der Waals surface area contributed by atoms with E-state index in [1.165, 1.54) is 0 Å². The van der Waals surface area contributed by atoms with Gasteiger partial charge in [-0.2, -0.15) is 35.1 Å². The monoisotopic (exact) mass is 512 g/mol. The van der Waals surface area contributed by atoms with E-state index in [1.54, 1.807) is 0 Å². The van der Waals surface area contributed by atoms with Crippen molar-refractivity contribution in [3.05, 3.63) is 0 Å². The third-order valence-corrected chi connectivity index (χ3v) is 3.40. The lowest BCUT2D eigenvalue weighted by Crippen LogP contribution is -2.60. The van der Waals surface area contributed by atoms with E-state index < -0.39 is 38.6 Å². The summed E-state index contributed by atoms with van der Waals surface area (Å²) < 4.78 is 95.0. The fraction of sp³-hybridized carbons (Fsp3) is 1.00. The van der Waals surface area contributed by atoms with Crippen LogP contribution in [0.15, 0.2) is 0 Å². The molecule has 0 aromatic heterocycles. The lowest BCUT2D eigenvalue weighted by Gasteiger charge is -2.35. The van der Waals surface area contributed by atoms with Crippen molar-refractivity contribution in [2.75, 3.05) is 6.61 Å². The van der Waals surface area contributed by atoms with Gasteiger partial charge in [-0.3, -0.25) is 0 Å². The Morgan fingerprint density at radius 3 is 1.56 bits per heavy atom. The van der Waals surface area contributed by atoms with Crippen LogP contribution in [-0.2, 0) is 0 Å². The van der Waals surface area contributed by atoms with E-state index in [4.69, 9.17) is 5.11 Å². The Hall–Kier alpha value is 0.860. The van der Waals surface area contributed by atoms with E-state index in [0.29, 0.717) is 0 Å². The highest BCUT2D eigenvalue weighted by Gasteiger charge is 2.79. The minimum Gasteiger partial charge on any atom is -0.395 e. The number of halogens is 10. The Balaban J connectivity index is 5.36. The van der Waals surface area contributed by atoms with Gasteiger partial charge in [-0.1, -0.05) is 22.6 Å². The average molecular weight is 512 g/mol. The Morgan fingerprint density at radius 1 is 0.889 bits per heavy atom. The molecule has 1 unspecified atom stereocenters. The van der Waals surface area contributed by atoms with Crippen molar-refractivity contribution < 1.29 is 40.2 Å². The fourth-order valence-corrected chi connectivity index (χ4v) is 1.77. The third kappa shape index (κ3) is 3.49. The maximum absolute atomic E-state index is 13.0. The first-order valence-electron chi connectivity index (χ1n) is 4.16. The first-order chi connectivity index (χ1) is 7.70. The van der Waals surface area contributed by atoms with Gasteiger partial charge in [-0.15, -0.1) is 0 Å². The van der Waals surface area contributed by atoms with Crippen LogP contribution in [-0.4, -0.2) is 37.3 Å². The van der Waals surface area contributed by atoms with Crippen molar-refractivity contribution in [3.63, 3.8) is 0 Å². The summed E-state index contributed by atoms with van der Waals surface area (Å²) in [5, 5.41) is 8.40. The topological polar surface area (TPSA) is 20.2 Å². The molecule has 0 aromatic carbocycles. The number of hydrogen-bond acceptors (Lipinski definition) is 1. The molecule has 0 aromatic rings. The molecule has 0 amide bonds. The Bertz CT molecular complexity index is 290. The summed E-state index contributed by atoms with van der Waals surface area (Å²) in [6.45, 7) is -0.974. The minimum absolute atomic E-state index is 0.320. The van der Waals surface area contributed by atoms with Crippen molar-refractivity contribution in [2.45, 2.75) is 32.0 Å². The SMILES string of the molecule is OCC(I)CC(F)(F)C(F)(F)C(F)(F)C(F)(F)I.